The summed E-state index contributed by atoms with van der Waals surface area (Å²) in [5.41, 5.74) is 0. The zero-order chi connectivity index (χ0) is 40.5. The lowest BCUT2D eigenvalue weighted by molar-refractivity contribution is -0.154. The Morgan fingerprint density at radius 3 is 1.12 bits per heavy atom. The minimum absolute atomic E-state index is 0.169. The quantitative estimate of drug-likeness (QED) is 0.0379. The Bertz CT molecular complexity index is 833. The molecule has 0 heterocycles. The molecule has 0 rings (SSSR count). The molecule has 0 aromatic rings. The highest BCUT2D eigenvalue weighted by atomic mass is 16.6. The van der Waals surface area contributed by atoms with Crippen LogP contribution in [0.3, 0.4) is 0 Å². The van der Waals surface area contributed by atoms with E-state index in [4.69, 9.17) is 9.47 Å². The van der Waals surface area contributed by atoms with Crippen LogP contribution in [0.4, 0.5) is 0 Å². The van der Waals surface area contributed by atoms with E-state index < -0.39 is 6.10 Å². The van der Waals surface area contributed by atoms with Crippen LogP contribution in [0.1, 0.15) is 264 Å². The van der Waals surface area contributed by atoms with Gasteiger partial charge in [0.15, 0.2) is 0 Å². The maximum Gasteiger partial charge on any atom is 0.306 e. The van der Waals surface area contributed by atoms with Crippen molar-refractivity contribution in [2.24, 2.45) is 0 Å². The number of aliphatic hydroxyl groups excluding tert-OH is 1. The molecule has 0 radical (unpaired) electrons. The van der Waals surface area contributed by atoms with Gasteiger partial charge in [0.2, 0.25) is 0 Å². The zero-order valence-corrected chi connectivity index (χ0v) is 37.9. The Balaban J connectivity index is 3.39. The smallest absolute Gasteiger partial charge is 0.306 e. The molecule has 0 aliphatic carbocycles. The summed E-state index contributed by atoms with van der Waals surface area (Å²) < 4.78 is 11.2. The highest BCUT2D eigenvalue weighted by Crippen LogP contribution is 2.16. The summed E-state index contributed by atoms with van der Waals surface area (Å²) in [7, 11) is 0. The fourth-order valence-electron chi connectivity index (χ4n) is 7.46. The first kappa shape index (κ1) is 54.6. The predicted molar refractivity (Wildman–Crippen MR) is 247 cm³/mol. The number of allylic oxidation sites excluding steroid dienone is 6. The molecule has 0 aromatic carbocycles. The molecule has 56 heavy (non-hydrogen) atoms. The molecular weight excluding hydrogens is 689 g/mol. The number of carbonyl (C=O) groups is 1. The van der Waals surface area contributed by atoms with Gasteiger partial charge in [-0.2, -0.15) is 0 Å². The van der Waals surface area contributed by atoms with Gasteiger partial charge in [0.05, 0.1) is 13.2 Å². The molecule has 0 fully saturated rings. The van der Waals surface area contributed by atoms with Gasteiger partial charge in [-0.3, -0.25) is 4.79 Å². The van der Waals surface area contributed by atoms with Crippen molar-refractivity contribution in [3.05, 3.63) is 36.5 Å². The topological polar surface area (TPSA) is 55.8 Å². The molecule has 0 aliphatic heterocycles. The van der Waals surface area contributed by atoms with Crippen molar-refractivity contribution < 1.29 is 19.4 Å². The first-order valence-electron chi connectivity index (χ1n) is 25.1. The summed E-state index contributed by atoms with van der Waals surface area (Å²) in [6.07, 6.45) is 63.7. The Kier molecular flexibility index (Phi) is 48.5. The second-order valence-electron chi connectivity index (χ2n) is 16.9. The van der Waals surface area contributed by atoms with Crippen LogP contribution in [-0.2, 0) is 14.3 Å². The number of hydrogen-bond donors (Lipinski definition) is 1. The minimum Gasteiger partial charge on any atom is -0.457 e. The summed E-state index contributed by atoms with van der Waals surface area (Å²) in [5, 5.41) is 9.64. The van der Waals surface area contributed by atoms with Crippen LogP contribution in [0.25, 0.3) is 0 Å². The van der Waals surface area contributed by atoms with E-state index in [1.165, 1.54) is 212 Å². The fourth-order valence-corrected chi connectivity index (χ4v) is 7.46. The standard InChI is InChI=1S/C52H98O4/c1-3-5-7-9-11-13-15-17-19-21-23-24-25-26-27-28-29-30-32-34-36-38-40-42-44-46-48-55-50-51(49-53)56-52(54)47-45-43-41-39-37-35-33-31-22-20-18-16-14-12-10-8-6-4-2/h15,17,21,23,25-26,51,53H,3-14,16,18-20,22,24,27-50H2,1-2H3/b17-15-,23-21-,26-25-. The first-order valence-corrected chi connectivity index (χ1v) is 25.1. The fraction of sp³-hybridized carbons (Fsp3) is 0.865. The largest absolute Gasteiger partial charge is 0.457 e. The van der Waals surface area contributed by atoms with E-state index in [0.717, 1.165) is 32.1 Å². The Morgan fingerprint density at radius 2 is 0.750 bits per heavy atom. The van der Waals surface area contributed by atoms with E-state index in [-0.39, 0.29) is 12.6 Å². The maximum atomic E-state index is 12.2. The number of hydrogen-bond acceptors (Lipinski definition) is 4. The summed E-state index contributed by atoms with van der Waals surface area (Å²) >= 11 is 0. The maximum absolute atomic E-state index is 12.2. The van der Waals surface area contributed by atoms with E-state index >= 15 is 0 Å². The number of aliphatic hydroxyl groups is 1. The van der Waals surface area contributed by atoms with Crippen molar-refractivity contribution in [1.29, 1.82) is 0 Å². The van der Waals surface area contributed by atoms with Crippen molar-refractivity contribution in [1.82, 2.24) is 0 Å². The summed E-state index contributed by atoms with van der Waals surface area (Å²) in [5.74, 6) is -0.197. The van der Waals surface area contributed by atoms with Crippen molar-refractivity contribution in [3.8, 4) is 0 Å². The van der Waals surface area contributed by atoms with Gasteiger partial charge >= 0.3 is 5.97 Å². The lowest BCUT2D eigenvalue weighted by atomic mass is 10.0. The summed E-state index contributed by atoms with van der Waals surface area (Å²) in [4.78, 5) is 12.2. The highest BCUT2D eigenvalue weighted by Gasteiger charge is 2.13. The van der Waals surface area contributed by atoms with Crippen LogP contribution in [0, 0.1) is 0 Å². The van der Waals surface area contributed by atoms with Gasteiger partial charge in [-0.1, -0.05) is 243 Å². The molecule has 1 N–H and O–H groups in total. The van der Waals surface area contributed by atoms with Crippen molar-refractivity contribution in [2.75, 3.05) is 19.8 Å². The SMILES string of the molecule is CCCCCCC/C=C\C/C=C\C/C=C\CCCCCCCCCCCCCOCC(CO)OC(=O)CCCCCCCCCCCCCCCCCCCC. The molecular formula is C52H98O4. The van der Waals surface area contributed by atoms with Crippen LogP contribution in [0.5, 0.6) is 0 Å². The highest BCUT2D eigenvalue weighted by molar-refractivity contribution is 5.69. The third-order valence-corrected chi connectivity index (χ3v) is 11.2. The van der Waals surface area contributed by atoms with Crippen LogP contribution in [0.15, 0.2) is 36.5 Å². The Morgan fingerprint density at radius 1 is 0.429 bits per heavy atom. The molecule has 0 aromatic heterocycles. The number of esters is 1. The summed E-state index contributed by atoms with van der Waals surface area (Å²) in [6.45, 7) is 5.37. The van der Waals surface area contributed by atoms with E-state index in [1.807, 2.05) is 0 Å². The first-order chi connectivity index (χ1) is 27.7. The molecule has 0 bridgehead atoms. The second-order valence-corrected chi connectivity index (χ2v) is 16.9. The lowest BCUT2D eigenvalue weighted by Gasteiger charge is -2.16. The van der Waals surface area contributed by atoms with Gasteiger partial charge < -0.3 is 14.6 Å². The molecule has 4 heteroatoms. The Labute approximate surface area is 350 Å². The van der Waals surface area contributed by atoms with Crippen molar-refractivity contribution in [3.63, 3.8) is 0 Å². The molecule has 0 spiro atoms. The number of rotatable bonds is 47. The van der Waals surface area contributed by atoms with Crippen molar-refractivity contribution >= 4 is 5.97 Å². The third kappa shape index (κ3) is 47.0. The lowest BCUT2D eigenvalue weighted by Crippen LogP contribution is -2.27. The molecule has 0 aliphatic rings. The average Bonchev–Trinajstić information content (AvgIpc) is 3.20. The molecule has 0 amide bonds. The summed E-state index contributed by atoms with van der Waals surface area (Å²) in [6, 6.07) is 0. The van der Waals surface area contributed by atoms with Gasteiger partial charge in [-0.25, -0.2) is 0 Å². The third-order valence-electron chi connectivity index (χ3n) is 11.2. The van der Waals surface area contributed by atoms with Crippen LogP contribution >= 0.6 is 0 Å². The van der Waals surface area contributed by atoms with Gasteiger partial charge in [-0.05, 0) is 51.4 Å². The minimum atomic E-state index is -0.533. The van der Waals surface area contributed by atoms with E-state index in [9.17, 15) is 9.90 Å². The molecule has 1 unspecified atom stereocenters. The van der Waals surface area contributed by atoms with E-state index in [1.54, 1.807) is 0 Å². The van der Waals surface area contributed by atoms with Gasteiger partial charge in [-0.15, -0.1) is 0 Å². The molecule has 4 nitrogen and oxygen atoms in total. The zero-order valence-electron chi connectivity index (χ0n) is 37.9. The van der Waals surface area contributed by atoms with E-state index in [0.29, 0.717) is 19.6 Å². The monoisotopic (exact) mass is 787 g/mol. The number of ether oxygens (including phenoxy) is 2. The molecule has 1 atom stereocenters. The van der Waals surface area contributed by atoms with Gasteiger partial charge in [0, 0.05) is 13.0 Å². The number of carbonyl (C=O) groups excluding carboxylic acids is 1. The second kappa shape index (κ2) is 49.8. The predicted octanol–water partition coefficient (Wildman–Crippen LogP) is 16.8. The molecule has 330 valence electrons. The van der Waals surface area contributed by atoms with Crippen LogP contribution < -0.4 is 0 Å². The van der Waals surface area contributed by atoms with Crippen LogP contribution in [0.2, 0.25) is 0 Å². The van der Waals surface area contributed by atoms with Gasteiger partial charge in [0.25, 0.3) is 0 Å². The van der Waals surface area contributed by atoms with Crippen molar-refractivity contribution in [2.45, 2.75) is 270 Å². The molecule has 0 saturated heterocycles. The van der Waals surface area contributed by atoms with Gasteiger partial charge in [0.1, 0.15) is 6.10 Å². The Hall–Kier alpha value is -1.39. The number of unbranched alkanes of at least 4 members (excludes halogenated alkanes) is 33. The average molecular weight is 787 g/mol. The van der Waals surface area contributed by atoms with Crippen LogP contribution in [-0.4, -0.2) is 37.0 Å². The van der Waals surface area contributed by atoms with E-state index in [2.05, 4.69) is 50.3 Å². The molecule has 0 saturated carbocycles. The normalized spacial score (nSPS) is 12.6.